The molecule has 0 radical (unpaired) electrons. The molecule has 0 unspecified atom stereocenters. The molecule has 0 aromatic heterocycles. The van der Waals surface area contributed by atoms with E-state index >= 15 is 0 Å². The molecule has 1 aromatic carbocycles. The summed E-state index contributed by atoms with van der Waals surface area (Å²) in [6, 6.07) is 13.4. The predicted octanol–water partition coefficient (Wildman–Crippen LogP) is 3.76. The molecule has 1 aromatic rings. The lowest BCUT2D eigenvalue weighted by Gasteiger charge is -2.26. The van der Waals surface area contributed by atoms with Crippen molar-refractivity contribution >= 4 is 0 Å². The topological polar surface area (TPSA) is 27.0 Å². The summed E-state index contributed by atoms with van der Waals surface area (Å²) in [6.45, 7) is 8.30. The average Bonchev–Trinajstić information content (AvgIpc) is 2.69. The molecule has 0 amide bonds. The van der Waals surface area contributed by atoms with Gasteiger partial charge in [-0.3, -0.25) is 4.90 Å². The van der Waals surface area contributed by atoms with Gasteiger partial charge in [0.25, 0.3) is 0 Å². The summed E-state index contributed by atoms with van der Waals surface area (Å²) >= 11 is 0. The largest absolute Gasteiger partial charge is 0.292 e. The summed E-state index contributed by atoms with van der Waals surface area (Å²) in [5.41, 5.74) is 2.57. The van der Waals surface area contributed by atoms with Crippen molar-refractivity contribution in [2.24, 2.45) is 5.92 Å². The van der Waals surface area contributed by atoms with Crippen LogP contribution < -0.4 is 0 Å². The summed E-state index contributed by atoms with van der Waals surface area (Å²) in [5.74, 6) is 0.355. The third-order valence-corrected chi connectivity index (χ3v) is 3.99. The molecule has 2 rings (SSSR count). The monoisotopic (exact) mass is 254 g/mol. The molecule has 0 spiro atoms. The highest BCUT2D eigenvalue weighted by molar-refractivity contribution is 5.20. The van der Waals surface area contributed by atoms with E-state index < -0.39 is 0 Å². The van der Waals surface area contributed by atoms with Crippen LogP contribution in [0.3, 0.4) is 0 Å². The second-order valence-corrected chi connectivity index (χ2v) is 5.37. The SMILES string of the molecule is C=C1CN(Cc2ccccc2)[C@H](CCC)[C@H]1CC#N. The van der Waals surface area contributed by atoms with Gasteiger partial charge in [0.1, 0.15) is 0 Å². The fourth-order valence-corrected chi connectivity index (χ4v) is 3.07. The van der Waals surface area contributed by atoms with E-state index in [9.17, 15) is 0 Å². The second kappa shape index (κ2) is 6.54. The number of benzene rings is 1. The fourth-order valence-electron chi connectivity index (χ4n) is 3.07. The van der Waals surface area contributed by atoms with Crippen molar-refractivity contribution in [1.29, 1.82) is 5.26 Å². The second-order valence-electron chi connectivity index (χ2n) is 5.37. The summed E-state index contributed by atoms with van der Waals surface area (Å²) in [4.78, 5) is 2.49. The molecule has 0 saturated carbocycles. The lowest BCUT2D eigenvalue weighted by Crippen LogP contribution is -2.32. The third kappa shape index (κ3) is 3.24. The Morgan fingerprint density at radius 3 is 2.74 bits per heavy atom. The van der Waals surface area contributed by atoms with Gasteiger partial charge in [-0.25, -0.2) is 0 Å². The summed E-state index contributed by atoms with van der Waals surface area (Å²) in [5, 5.41) is 9.00. The van der Waals surface area contributed by atoms with E-state index in [0.29, 0.717) is 18.4 Å². The highest BCUT2D eigenvalue weighted by atomic mass is 15.2. The normalized spacial score (nSPS) is 23.5. The zero-order chi connectivity index (χ0) is 13.7. The molecule has 2 atom stereocenters. The Balaban J connectivity index is 2.11. The Bertz CT molecular complexity index is 458. The van der Waals surface area contributed by atoms with Crippen LogP contribution in [0.4, 0.5) is 0 Å². The average molecular weight is 254 g/mol. The van der Waals surface area contributed by atoms with E-state index in [0.717, 1.165) is 25.9 Å². The van der Waals surface area contributed by atoms with Gasteiger partial charge in [0.15, 0.2) is 0 Å². The van der Waals surface area contributed by atoms with Gasteiger partial charge in [-0.05, 0) is 12.0 Å². The van der Waals surface area contributed by atoms with Gasteiger partial charge in [-0.2, -0.15) is 5.26 Å². The molecule has 2 nitrogen and oxygen atoms in total. The quantitative estimate of drug-likeness (QED) is 0.748. The molecule has 1 heterocycles. The van der Waals surface area contributed by atoms with Crippen LogP contribution in [-0.2, 0) is 6.54 Å². The molecular formula is C17H22N2. The summed E-state index contributed by atoms with van der Waals surface area (Å²) in [7, 11) is 0. The van der Waals surface area contributed by atoms with Crippen LogP contribution in [0.1, 0.15) is 31.7 Å². The molecule has 0 aliphatic carbocycles. The Kier molecular flexibility index (Phi) is 4.76. The first-order valence-corrected chi connectivity index (χ1v) is 7.08. The molecule has 1 aliphatic heterocycles. The fraction of sp³-hybridized carbons (Fsp3) is 0.471. The van der Waals surface area contributed by atoms with Gasteiger partial charge < -0.3 is 0 Å². The molecule has 2 heteroatoms. The highest BCUT2D eigenvalue weighted by Gasteiger charge is 2.35. The predicted molar refractivity (Wildman–Crippen MR) is 78.4 cm³/mol. The minimum absolute atomic E-state index is 0.355. The Hall–Kier alpha value is -1.59. The number of likely N-dealkylation sites (tertiary alicyclic amines) is 1. The van der Waals surface area contributed by atoms with E-state index in [-0.39, 0.29) is 0 Å². The Morgan fingerprint density at radius 2 is 2.11 bits per heavy atom. The zero-order valence-corrected chi connectivity index (χ0v) is 11.7. The standard InChI is InChI=1S/C17H22N2/c1-3-7-17-16(10-11-18)14(2)12-19(17)13-15-8-5-4-6-9-15/h4-6,8-9,16-17H,2-3,7,10,12-13H2,1H3/t16-,17+/m0/s1. The molecule has 1 aliphatic rings. The van der Waals surface area contributed by atoms with Crippen LogP contribution >= 0.6 is 0 Å². The maximum atomic E-state index is 9.00. The van der Waals surface area contributed by atoms with Crippen LogP contribution in [0.5, 0.6) is 0 Å². The number of hydrogen-bond donors (Lipinski definition) is 0. The van der Waals surface area contributed by atoms with Crippen molar-refractivity contribution in [3.8, 4) is 6.07 Å². The van der Waals surface area contributed by atoms with Crippen molar-refractivity contribution in [2.75, 3.05) is 6.54 Å². The van der Waals surface area contributed by atoms with Gasteiger partial charge >= 0.3 is 0 Å². The smallest absolute Gasteiger partial charge is 0.0628 e. The third-order valence-electron chi connectivity index (χ3n) is 3.99. The van der Waals surface area contributed by atoms with Crippen LogP contribution in [-0.4, -0.2) is 17.5 Å². The van der Waals surface area contributed by atoms with E-state index in [1.165, 1.54) is 11.1 Å². The first-order chi connectivity index (χ1) is 9.26. The van der Waals surface area contributed by atoms with Crippen molar-refractivity contribution in [1.82, 2.24) is 4.90 Å². The minimum Gasteiger partial charge on any atom is -0.292 e. The van der Waals surface area contributed by atoms with E-state index in [1.54, 1.807) is 0 Å². The zero-order valence-electron chi connectivity index (χ0n) is 11.7. The molecule has 100 valence electrons. The molecule has 1 fully saturated rings. The van der Waals surface area contributed by atoms with Crippen molar-refractivity contribution in [2.45, 2.75) is 38.8 Å². The van der Waals surface area contributed by atoms with Crippen LogP contribution in [0.2, 0.25) is 0 Å². The van der Waals surface area contributed by atoms with Crippen molar-refractivity contribution < 1.29 is 0 Å². The molecule has 0 N–H and O–H groups in total. The number of nitriles is 1. The van der Waals surface area contributed by atoms with E-state index in [2.05, 4.69) is 54.8 Å². The van der Waals surface area contributed by atoms with Crippen molar-refractivity contribution in [3.63, 3.8) is 0 Å². The molecular weight excluding hydrogens is 232 g/mol. The van der Waals surface area contributed by atoms with Gasteiger partial charge in [0, 0.05) is 31.5 Å². The Labute approximate surface area is 116 Å². The molecule has 0 bridgehead atoms. The molecule has 19 heavy (non-hydrogen) atoms. The van der Waals surface area contributed by atoms with Gasteiger partial charge in [-0.15, -0.1) is 0 Å². The maximum Gasteiger partial charge on any atom is 0.0628 e. The summed E-state index contributed by atoms with van der Waals surface area (Å²) < 4.78 is 0. The lowest BCUT2D eigenvalue weighted by molar-refractivity contribution is 0.206. The van der Waals surface area contributed by atoms with Gasteiger partial charge in [-0.1, -0.05) is 55.8 Å². The van der Waals surface area contributed by atoms with Crippen LogP contribution in [0.25, 0.3) is 0 Å². The van der Waals surface area contributed by atoms with Crippen LogP contribution in [0, 0.1) is 17.2 Å². The first-order valence-electron chi connectivity index (χ1n) is 7.08. The number of hydrogen-bond acceptors (Lipinski definition) is 2. The minimum atomic E-state index is 0.355. The van der Waals surface area contributed by atoms with Gasteiger partial charge in [0.2, 0.25) is 0 Å². The number of rotatable bonds is 5. The first kappa shape index (κ1) is 13.8. The van der Waals surface area contributed by atoms with E-state index in [4.69, 9.17) is 5.26 Å². The van der Waals surface area contributed by atoms with Crippen molar-refractivity contribution in [3.05, 3.63) is 48.0 Å². The molecule has 1 saturated heterocycles. The van der Waals surface area contributed by atoms with Gasteiger partial charge in [0.05, 0.1) is 6.07 Å². The number of nitrogens with zero attached hydrogens (tertiary/aromatic N) is 2. The maximum absolute atomic E-state index is 9.00. The Morgan fingerprint density at radius 1 is 1.37 bits per heavy atom. The highest BCUT2D eigenvalue weighted by Crippen LogP contribution is 2.34. The van der Waals surface area contributed by atoms with E-state index in [1.807, 2.05) is 0 Å². The summed E-state index contributed by atoms with van der Waals surface area (Å²) in [6.07, 6.45) is 2.91. The van der Waals surface area contributed by atoms with Crippen LogP contribution in [0.15, 0.2) is 42.5 Å². The lowest BCUT2D eigenvalue weighted by atomic mass is 9.91.